The van der Waals surface area contributed by atoms with Crippen molar-refractivity contribution >= 4 is 12.1 Å². The van der Waals surface area contributed by atoms with E-state index >= 15 is 0 Å². The zero-order valence-corrected chi connectivity index (χ0v) is 20.8. The highest BCUT2D eigenvalue weighted by atomic mass is 16.6. The van der Waals surface area contributed by atoms with Gasteiger partial charge in [-0.15, -0.1) is 0 Å². The van der Waals surface area contributed by atoms with Crippen molar-refractivity contribution in [2.75, 3.05) is 14.2 Å². The Labute approximate surface area is 202 Å². The number of methoxy groups -OCH3 is 1. The Morgan fingerprint density at radius 2 is 1.79 bits per heavy atom. The molecular formula is C28H36N2O4. The lowest BCUT2D eigenvalue weighted by atomic mass is 9.76. The number of nitrogens with one attached hydrogen (secondary N) is 1. The molecule has 6 heteroatoms. The molecule has 0 saturated carbocycles. The number of ether oxygens (including phenoxy) is 2. The van der Waals surface area contributed by atoms with E-state index in [9.17, 15) is 9.59 Å². The van der Waals surface area contributed by atoms with E-state index in [-0.39, 0.29) is 23.8 Å². The van der Waals surface area contributed by atoms with Crippen molar-refractivity contribution in [1.82, 2.24) is 10.2 Å². The second-order valence-corrected chi connectivity index (χ2v) is 10.5. The van der Waals surface area contributed by atoms with Crippen LogP contribution in [0.2, 0.25) is 0 Å². The highest BCUT2D eigenvalue weighted by Gasteiger charge is 2.49. The molecule has 182 valence electrons. The third-order valence-electron chi connectivity index (χ3n) is 7.18. The number of benzene rings is 2. The maximum atomic E-state index is 12.7. The lowest BCUT2D eigenvalue weighted by Gasteiger charge is -2.41. The first-order valence-electron chi connectivity index (χ1n) is 12.1. The van der Waals surface area contributed by atoms with E-state index in [0.717, 1.165) is 36.0 Å². The lowest BCUT2D eigenvalue weighted by Crippen LogP contribution is -2.49. The van der Waals surface area contributed by atoms with Gasteiger partial charge in [-0.05, 0) is 75.4 Å². The van der Waals surface area contributed by atoms with Crippen molar-refractivity contribution in [2.24, 2.45) is 5.92 Å². The smallest absolute Gasteiger partial charge is 0.407 e. The minimum Gasteiger partial charge on any atom is -0.469 e. The summed E-state index contributed by atoms with van der Waals surface area (Å²) in [4.78, 5) is 27.1. The van der Waals surface area contributed by atoms with Crippen LogP contribution in [0.3, 0.4) is 0 Å². The molecule has 2 bridgehead atoms. The zero-order valence-electron chi connectivity index (χ0n) is 20.8. The van der Waals surface area contributed by atoms with Crippen molar-refractivity contribution in [3.63, 3.8) is 0 Å². The molecule has 2 saturated heterocycles. The standard InChI is InChI=1S/C28H36N2O4/c1-28(2,3)34-27(32)29-17-18-7-6-8-21(15-18)19-9-11-20(12-10-19)23-16-22-13-14-24(30(22)4)25(23)26(31)33-5/h6-12,15,22-25H,13-14,16-17H2,1-5H3,(H,29,32)/t22-,23?,24+,25?/m1/s1. The van der Waals surface area contributed by atoms with E-state index in [1.807, 2.05) is 32.9 Å². The Bertz CT molecular complexity index is 1030. The number of piperidine rings is 1. The van der Waals surface area contributed by atoms with Crippen molar-refractivity contribution in [1.29, 1.82) is 0 Å². The van der Waals surface area contributed by atoms with Crippen LogP contribution in [-0.2, 0) is 20.8 Å². The number of hydrogen-bond acceptors (Lipinski definition) is 5. The average Bonchev–Trinajstić information content (AvgIpc) is 3.03. The number of amides is 1. The normalized spacial score (nSPS) is 24.5. The molecule has 2 unspecified atom stereocenters. The zero-order chi connectivity index (χ0) is 24.5. The molecular weight excluding hydrogens is 428 g/mol. The molecule has 1 amide bonds. The summed E-state index contributed by atoms with van der Waals surface area (Å²) in [5, 5.41) is 2.82. The number of rotatable bonds is 5. The minimum absolute atomic E-state index is 0.100. The Morgan fingerprint density at radius 3 is 2.47 bits per heavy atom. The summed E-state index contributed by atoms with van der Waals surface area (Å²) >= 11 is 0. The third kappa shape index (κ3) is 5.27. The number of fused-ring (bicyclic) bond motifs is 2. The minimum atomic E-state index is -0.520. The Kier molecular flexibility index (Phi) is 6.99. The van der Waals surface area contributed by atoms with Crippen molar-refractivity contribution < 1.29 is 19.1 Å². The van der Waals surface area contributed by atoms with Crippen LogP contribution in [0.25, 0.3) is 11.1 Å². The van der Waals surface area contributed by atoms with Gasteiger partial charge in [0.2, 0.25) is 0 Å². The highest BCUT2D eigenvalue weighted by Crippen LogP contribution is 2.46. The fourth-order valence-corrected chi connectivity index (χ4v) is 5.54. The van der Waals surface area contributed by atoms with Gasteiger partial charge in [0, 0.05) is 24.5 Å². The molecule has 0 radical (unpaired) electrons. The van der Waals surface area contributed by atoms with Crippen molar-refractivity contribution in [3.8, 4) is 11.1 Å². The van der Waals surface area contributed by atoms with Crippen LogP contribution in [0.15, 0.2) is 48.5 Å². The van der Waals surface area contributed by atoms with Crippen LogP contribution in [0.1, 0.15) is 57.1 Å². The molecule has 2 fully saturated rings. The number of carbonyl (C=O) groups is 2. The molecule has 6 nitrogen and oxygen atoms in total. The summed E-state index contributed by atoms with van der Waals surface area (Å²) in [6.45, 7) is 5.95. The van der Waals surface area contributed by atoms with Gasteiger partial charge in [0.15, 0.2) is 0 Å². The summed E-state index contributed by atoms with van der Waals surface area (Å²) in [6.07, 6.45) is 2.76. The number of esters is 1. The number of alkyl carbamates (subject to hydrolysis) is 1. The largest absolute Gasteiger partial charge is 0.469 e. The van der Waals surface area contributed by atoms with Gasteiger partial charge in [-0.1, -0.05) is 42.5 Å². The van der Waals surface area contributed by atoms with E-state index in [1.165, 1.54) is 12.7 Å². The van der Waals surface area contributed by atoms with Gasteiger partial charge >= 0.3 is 12.1 Å². The first kappa shape index (κ1) is 24.3. The Hall–Kier alpha value is -2.86. The topological polar surface area (TPSA) is 67.9 Å². The molecule has 34 heavy (non-hydrogen) atoms. The van der Waals surface area contributed by atoms with Crippen LogP contribution >= 0.6 is 0 Å². The third-order valence-corrected chi connectivity index (χ3v) is 7.18. The van der Waals surface area contributed by atoms with Gasteiger partial charge in [0.05, 0.1) is 13.0 Å². The molecule has 0 spiro atoms. The quantitative estimate of drug-likeness (QED) is 0.622. The second kappa shape index (κ2) is 9.79. The fraction of sp³-hybridized carbons (Fsp3) is 0.500. The van der Waals surface area contributed by atoms with E-state index in [4.69, 9.17) is 9.47 Å². The number of nitrogens with zero attached hydrogens (tertiary/aromatic N) is 1. The van der Waals surface area contributed by atoms with Crippen LogP contribution in [0.4, 0.5) is 4.79 Å². The lowest BCUT2D eigenvalue weighted by molar-refractivity contribution is -0.150. The maximum absolute atomic E-state index is 12.7. The predicted molar refractivity (Wildman–Crippen MR) is 132 cm³/mol. The van der Waals surface area contributed by atoms with Gasteiger partial charge in [-0.2, -0.15) is 0 Å². The molecule has 1 N–H and O–H groups in total. The van der Waals surface area contributed by atoms with E-state index in [2.05, 4.69) is 53.7 Å². The predicted octanol–water partition coefficient (Wildman–Crippen LogP) is 5.12. The molecule has 2 heterocycles. The first-order chi connectivity index (χ1) is 16.2. The average molecular weight is 465 g/mol. The van der Waals surface area contributed by atoms with Gasteiger partial charge in [-0.3, -0.25) is 9.69 Å². The summed E-state index contributed by atoms with van der Waals surface area (Å²) in [7, 11) is 3.64. The molecule has 2 aliphatic heterocycles. The molecule has 0 aromatic heterocycles. The molecule has 4 atom stereocenters. The summed E-state index contributed by atoms with van der Waals surface area (Å²) in [5.41, 5.74) is 3.88. The Morgan fingerprint density at radius 1 is 1.06 bits per heavy atom. The molecule has 4 rings (SSSR count). The monoisotopic (exact) mass is 464 g/mol. The maximum Gasteiger partial charge on any atom is 0.407 e. The van der Waals surface area contributed by atoms with Crippen molar-refractivity contribution in [2.45, 2.75) is 70.2 Å². The van der Waals surface area contributed by atoms with Crippen LogP contribution in [0.5, 0.6) is 0 Å². The second-order valence-electron chi connectivity index (χ2n) is 10.5. The molecule has 2 aromatic carbocycles. The van der Waals surface area contributed by atoms with E-state index < -0.39 is 11.7 Å². The van der Waals surface area contributed by atoms with Crippen LogP contribution in [0, 0.1) is 5.92 Å². The molecule has 2 aliphatic rings. The Balaban J connectivity index is 1.48. The molecule has 2 aromatic rings. The SMILES string of the molecule is COC(=O)C1C(c2ccc(-c3cccc(CNC(=O)OC(C)(C)C)c3)cc2)C[C@H]2CC[C@@H]1N2C. The van der Waals surface area contributed by atoms with Crippen molar-refractivity contribution in [3.05, 3.63) is 59.7 Å². The van der Waals surface area contributed by atoms with E-state index in [0.29, 0.717) is 12.6 Å². The van der Waals surface area contributed by atoms with Gasteiger partial charge in [0.25, 0.3) is 0 Å². The molecule has 0 aliphatic carbocycles. The van der Waals surface area contributed by atoms with Gasteiger partial charge in [-0.25, -0.2) is 4.79 Å². The number of carbonyl (C=O) groups excluding carboxylic acids is 2. The number of hydrogen-bond donors (Lipinski definition) is 1. The van der Waals surface area contributed by atoms with Crippen LogP contribution in [-0.4, -0.2) is 48.8 Å². The fourth-order valence-electron chi connectivity index (χ4n) is 5.54. The van der Waals surface area contributed by atoms with E-state index in [1.54, 1.807) is 0 Å². The summed E-state index contributed by atoms with van der Waals surface area (Å²) < 4.78 is 10.5. The van der Waals surface area contributed by atoms with Gasteiger partial charge < -0.3 is 14.8 Å². The first-order valence-corrected chi connectivity index (χ1v) is 12.1. The van der Waals surface area contributed by atoms with Gasteiger partial charge in [0.1, 0.15) is 5.60 Å². The summed E-state index contributed by atoms with van der Waals surface area (Å²) in [5.74, 6) is -0.0436. The highest BCUT2D eigenvalue weighted by molar-refractivity contribution is 5.75. The van der Waals surface area contributed by atoms with Crippen LogP contribution < -0.4 is 5.32 Å². The summed E-state index contributed by atoms with van der Waals surface area (Å²) in [6, 6.07) is 17.5.